The molecule has 0 bridgehead atoms. The third-order valence-electron chi connectivity index (χ3n) is 3.35. The number of hydrogen-bond donors (Lipinski definition) is 1. The highest BCUT2D eigenvalue weighted by Gasteiger charge is 1.93. The largest absolute Gasteiger partial charge is 1.00 e. The zero-order chi connectivity index (χ0) is 11.9. The van der Waals surface area contributed by atoms with Gasteiger partial charge in [-0.2, -0.15) is 0 Å². The van der Waals surface area contributed by atoms with E-state index in [4.69, 9.17) is 0 Å². The fourth-order valence-corrected chi connectivity index (χ4v) is 2.19. The Morgan fingerprint density at radius 2 is 0.824 bits per heavy atom. The zero-order valence-corrected chi connectivity index (χ0v) is 13.6. The van der Waals surface area contributed by atoms with Gasteiger partial charge in [0.15, 0.2) is 0 Å². The Morgan fingerprint density at radius 3 is 1.12 bits per heavy atom. The molecule has 0 aliphatic rings. The Hall–Kier alpha value is 0.440. The summed E-state index contributed by atoms with van der Waals surface area (Å²) in [4.78, 5) is 0. The maximum absolute atomic E-state index is 3.87. The van der Waals surface area contributed by atoms with Crippen molar-refractivity contribution >= 4 is 0 Å². The second-order valence-corrected chi connectivity index (χ2v) is 5.10. The van der Waals surface area contributed by atoms with E-state index in [9.17, 15) is 0 Å². The molecule has 0 aliphatic carbocycles. The molecule has 0 aromatic heterocycles. The SMILES string of the molecule is CCCCCCCCCCCCCCC[NH3+].[Br-]. The Balaban J connectivity index is 0. The van der Waals surface area contributed by atoms with Crippen LogP contribution in [0.2, 0.25) is 0 Å². The zero-order valence-electron chi connectivity index (χ0n) is 12.0. The highest BCUT2D eigenvalue weighted by molar-refractivity contribution is 4.48. The molecule has 0 radical (unpaired) electrons. The lowest BCUT2D eigenvalue weighted by molar-refractivity contribution is -0.368. The van der Waals surface area contributed by atoms with Crippen LogP contribution in [0.4, 0.5) is 0 Å². The highest BCUT2D eigenvalue weighted by Crippen LogP contribution is 2.12. The van der Waals surface area contributed by atoms with Gasteiger partial charge in [-0.25, -0.2) is 0 Å². The number of unbranched alkanes of at least 4 members (excludes halogenated alkanes) is 12. The molecule has 0 unspecified atom stereocenters. The molecular formula is C15H34BrN. The van der Waals surface area contributed by atoms with E-state index in [1.165, 1.54) is 83.5 Å². The van der Waals surface area contributed by atoms with E-state index in [1.807, 2.05) is 0 Å². The van der Waals surface area contributed by atoms with Crippen molar-refractivity contribution in [3.8, 4) is 0 Å². The smallest absolute Gasteiger partial charge is 0.0739 e. The summed E-state index contributed by atoms with van der Waals surface area (Å²) in [6, 6.07) is 0. The van der Waals surface area contributed by atoms with Gasteiger partial charge in [-0.1, -0.05) is 77.6 Å². The van der Waals surface area contributed by atoms with Crippen molar-refractivity contribution in [3.05, 3.63) is 0 Å². The van der Waals surface area contributed by atoms with E-state index in [-0.39, 0.29) is 17.0 Å². The second kappa shape index (κ2) is 18.8. The lowest BCUT2D eigenvalue weighted by atomic mass is 10.0. The second-order valence-electron chi connectivity index (χ2n) is 5.10. The summed E-state index contributed by atoms with van der Waals surface area (Å²) in [6.07, 6.45) is 18.7. The molecule has 1 nitrogen and oxygen atoms in total. The monoisotopic (exact) mass is 307 g/mol. The maximum Gasteiger partial charge on any atom is 0.0739 e. The van der Waals surface area contributed by atoms with Crippen LogP contribution in [0.3, 0.4) is 0 Å². The first kappa shape index (κ1) is 19.8. The Morgan fingerprint density at radius 1 is 0.529 bits per heavy atom. The molecule has 0 aliphatic heterocycles. The molecule has 0 rings (SSSR count). The third kappa shape index (κ3) is 19.0. The van der Waals surface area contributed by atoms with E-state index in [0.717, 1.165) is 6.54 Å². The molecule has 17 heavy (non-hydrogen) atoms. The number of quaternary nitrogens is 1. The van der Waals surface area contributed by atoms with Crippen LogP contribution in [0.5, 0.6) is 0 Å². The molecule has 0 atom stereocenters. The van der Waals surface area contributed by atoms with E-state index in [0.29, 0.717) is 0 Å². The van der Waals surface area contributed by atoms with Crippen LogP contribution in [-0.4, -0.2) is 6.54 Å². The van der Waals surface area contributed by atoms with Gasteiger partial charge in [0.25, 0.3) is 0 Å². The van der Waals surface area contributed by atoms with Gasteiger partial charge in [0.2, 0.25) is 0 Å². The van der Waals surface area contributed by atoms with Crippen LogP contribution in [0.1, 0.15) is 90.4 Å². The van der Waals surface area contributed by atoms with Crippen LogP contribution in [0, 0.1) is 0 Å². The van der Waals surface area contributed by atoms with Gasteiger partial charge in [-0.3, -0.25) is 0 Å². The Labute approximate surface area is 120 Å². The van der Waals surface area contributed by atoms with Crippen molar-refractivity contribution < 1.29 is 22.7 Å². The summed E-state index contributed by atoms with van der Waals surface area (Å²) < 4.78 is 0. The Bertz CT molecular complexity index is 103. The first-order valence-corrected chi connectivity index (χ1v) is 7.71. The van der Waals surface area contributed by atoms with Crippen molar-refractivity contribution in [1.82, 2.24) is 0 Å². The van der Waals surface area contributed by atoms with Gasteiger partial charge >= 0.3 is 0 Å². The third-order valence-corrected chi connectivity index (χ3v) is 3.35. The van der Waals surface area contributed by atoms with Crippen molar-refractivity contribution in [2.75, 3.05) is 6.54 Å². The first-order valence-electron chi connectivity index (χ1n) is 7.71. The molecule has 0 saturated carbocycles. The summed E-state index contributed by atoms with van der Waals surface area (Å²) in [5.74, 6) is 0. The lowest BCUT2D eigenvalue weighted by Crippen LogP contribution is -3.00. The molecular weight excluding hydrogens is 274 g/mol. The van der Waals surface area contributed by atoms with Crippen molar-refractivity contribution in [1.29, 1.82) is 0 Å². The maximum atomic E-state index is 3.87. The van der Waals surface area contributed by atoms with Crippen LogP contribution in [0.15, 0.2) is 0 Å². The fourth-order valence-electron chi connectivity index (χ4n) is 2.19. The molecule has 0 spiro atoms. The molecule has 2 heteroatoms. The van der Waals surface area contributed by atoms with Gasteiger partial charge in [0, 0.05) is 0 Å². The van der Waals surface area contributed by atoms with Gasteiger partial charge in [0.05, 0.1) is 6.54 Å². The van der Waals surface area contributed by atoms with Crippen LogP contribution in [0.25, 0.3) is 0 Å². The fraction of sp³-hybridized carbons (Fsp3) is 1.00. The average molecular weight is 308 g/mol. The minimum absolute atomic E-state index is 0. The van der Waals surface area contributed by atoms with Crippen LogP contribution >= 0.6 is 0 Å². The molecule has 0 aromatic carbocycles. The summed E-state index contributed by atoms with van der Waals surface area (Å²) in [5.41, 5.74) is 3.87. The summed E-state index contributed by atoms with van der Waals surface area (Å²) in [6.45, 7) is 3.41. The van der Waals surface area contributed by atoms with Gasteiger partial charge in [-0.05, 0) is 12.8 Å². The van der Waals surface area contributed by atoms with Crippen molar-refractivity contribution in [2.45, 2.75) is 90.4 Å². The minimum Gasteiger partial charge on any atom is -1.00 e. The first-order chi connectivity index (χ1) is 7.91. The van der Waals surface area contributed by atoms with E-state index in [2.05, 4.69) is 12.7 Å². The topological polar surface area (TPSA) is 27.6 Å². The van der Waals surface area contributed by atoms with E-state index in [1.54, 1.807) is 0 Å². The molecule has 106 valence electrons. The van der Waals surface area contributed by atoms with Crippen LogP contribution < -0.4 is 22.7 Å². The van der Waals surface area contributed by atoms with Crippen LogP contribution in [-0.2, 0) is 0 Å². The lowest BCUT2D eigenvalue weighted by Gasteiger charge is -2.02. The minimum atomic E-state index is 0. The van der Waals surface area contributed by atoms with Gasteiger partial charge in [-0.15, -0.1) is 0 Å². The average Bonchev–Trinajstić information content (AvgIpc) is 2.31. The molecule has 0 fully saturated rings. The summed E-state index contributed by atoms with van der Waals surface area (Å²) in [7, 11) is 0. The normalized spacial score (nSPS) is 10.2. The van der Waals surface area contributed by atoms with Crippen molar-refractivity contribution in [3.63, 3.8) is 0 Å². The standard InChI is InChI=1S/C15H33N.BrH/c1-2-3-4-5-6-7-8-9-10-11-12-13-14-15-16;/h2-16H2,1H3;1H. The van der Waals surface area contributed by atoms with Gasteiger partial charge in [0.1, 0.15) is 0 Å². The number of halogens is 1. The van der Waals surface area contributed by atoms with E-state index < -0.39 is 0 Å². The summed E-state index contributed by atoms with van der Waals surface area (Å²) in [5, 5.41) is 0. The Kier molecular flexibility index (Phi) is 21.9. The molecule has 3 N–H and O–H groups in total. The van der Waals surface area contributed by atoms with Gasteiger partial charge < -0.3 is 22.7 Å². The van der Waals surface area contributed by atoms with Crippen molar-refractivity contribution in [2.24, 2.45) is 0 Å². The molecule has 0 aromatic rings. The molecule has 0 heterocycles. The predicted octanol–water partition coefficient (Wildman–Crippen LogP) is 1.32. The summed E-state index contributed by atoms with van der Waals surface area (Å²) >= 11 is 0. The predicted molar refractivity (Wildman–Crippen MR) is 73.5 cm³/mol. The van der Waals surface area contributed by atoms with E-state index >= 15 is 0 Å². The molecule has 0 amide bonds. The number of rotatable bonds is 13. The number of hydrogen-bond acceptors (Lipinski definition) is 0. The molecule has 0 saturated heterocycles. The quantitative estimate of drug-likeness (QED) is 0.497. The highest BCUT2D eigenvalue weighted by atomic mass is 79.9.